The van der Waals surface area contributed by atoms with E-state index >= 15 is 0 Å². The van der Waals surface area contributed by atoms with Crippen LogP contribution in [0.15, 0.2) is 30.6 Å². The first kappa shape index (κ1) is 27.6. The number of benzene rings is 1. The molecule has 5 heterocycles. The average Bonchev–Trinajstić information content (AvgIpc) is 3.77. The predicted octanol–water partition coefficient (Wildman–Crippen LogP) is 2.74. The van der Waals surface area contributed by atoms with Crippen molar-refractivity contribution in [3.05, 3.63) is 36.3 Å². The average molecular weight is 587 g/mol. The number of piperidine rings is 3. The second kappa shape index (κ2) is 11.5. The Hall–Kier alpha value is -4.22. The molecule has 4 aliphatic rings. The first-order valence-corrected chi connectivity index (χ1v) is 15.5. The number of amides is 3. The molecule has 2 N–H and O–H groups in total. The number of fused-ring (bicyclic) bond motifs is 1. The van der Waals surface area contributed by atoms with Gasteiger partial charge in [-0.1, -0.05) is 12.1 Å². The molecule has 1 atom stereocenters. The van der Waals surface area contributed by atoms with Gasteiger partial charge in [0.1, 0.15) is 35.3 Å². The fourth-order valence-corrected chi connectivity index (χ4v) is 6.66. The highest BCUT2D eigenvalue weighted by molar-refractivity contribution is 6.03. The minimum Gasteiger partial charge on any atom is -0.488 e. The summed E-state index contributed by atoms with van der Waals surface area (Å²) in [6.45, 7) is 2.97. The van der Waals surface area contributed by atoms with Crippen molar-refractivity contribution in [2.24, 2.45) is 13.0 Å². The molecule has 0 radical (unpaired) electrons. The Morgan fingerprint density at radius 1 is 1.00 bits per heavy atom. The van der Waals surface area contributed by atoms with Crippen molar-refractivity contribution in [2.75, 3.05) is 36.4 Å². The molecule has 3 aromatic rings. The molecule has 226 valence electrons. The minimum atomic E-state index is -0.458. The summed E-state index contributed by atoms with van der Waals surface area (Å²) in [5.74, 6) is 1.82. The highest BCUT2D eigenvalue weighted by Gasteiger charge is 2.34. The van der Waals surface area contributed by atoms with Gasteiger partial charge in [-0.2, -0.15) is 5.10 Å². The minimum absolute atomic E-state index is 0.0124. The summed E-state index contributed by atoms with van der Waals surface area (Å²) in [6, 6.07) is 8.38. The van der Waals surface area contributed by atoms with Crippen molar-refractivity contribution >= 4 is 40.3 Å². The lowest BCUT2D eigenvalue weighted by atomic mass is 9.93. The van der Waals surface area contributed by atoms with Crippen LogP contribution in [0.2, 0.25) is 0 Å². The van der Waals surface area contributed by atoms with Gasteiger partial charge in [0.15, 0.2) is 0 Å². The van der Waals surface area contributed by atoms with Crippen LogP contribution >= 0.6 is 0 Å². The molecular weight excluding hydrogens is 548 g/mol. The van der Waals surface area contributed by atoms with Crippen LogP contribution in [-0.4, -0.2) is 80.7 Å². The van der Waals surface area contributed by atoms with E-state index < -0.39 is 5.92 Å². The fourth-order valence-electron chi connectivity index (χ4n) is 6.66. The first-order valence-electron chi connectivity index (χ1n) is 15.5. The zero-order valence-corrected chi connectivity index (χ0v) is 24.5. The topological polar surface area (TPSA) is 135 Å². The Morgan fingerprint density at radius 3 is 2.53 bits per heavy atom. The summed E-state index contributed by atoms with van der Waals surface area (Å²) in [4.78, 5) is 50.7. The molecule has 12 nitrogen and oxygen atoms in total. The second-order valence-corrected chi connectivity index (χ2v) is 12.2. The summed E-state index contributed by atoms with van der Waals surface area (Å²) in [5, 5.41) is 11.4. The lowest BCUT2D eigenvalue weighted by molar-refractivity contribution is -0.138. The third kappa shape index (κ3) is 5.74. The summed E-state index contributed by atoms with van der Waals surface area (Å²) in [5.41, 5.74) is 1.51. The standard InChI is InChI=1S/C31H38N8O4/c1-37-29-22(28(36-37)23-7-8-27(40)35-30(23)41)3-2-4-24(29)43-21-11-15-39(16-12-21)31(42)19-9-13-38(14-10-19)26-17-25(32-18-33-26)34-20-5-6-20/h2-4,17-21,23H,5-16H2,1H3,(H,32,33,34)(H,35,40,41). The van der Waals surface area contributed by atoms with Crippen molar-refractivity contribution in [2.45, 2.75) is 69.4 Å². The van der Waals surface area contributed by atoms with Crippen LogP contribution in [-0.2, 0) is 21.4 Å². The molecule has 3 saturated heterocycles. The number of anilines is 2. The number of aromatic nitrogens is 4. The maximum absolute atomic E-state index is 13.4. The van der Waals surface area contributed by atoms with Crippen LogP contribution < -0.4 is 20.3 Å². The number of nitrogens with zero attached hydrogens (tertiary/aromatic N) is 6. The maximum Gasteiger partial charge on any atom is 0.235 e. The molecule has 2 aromatic heterocycles. The number of aryl methyl sites for hydroxylation is 1. The number of likely N-dealkylation sites (tertiary alicyclic amines) is 1. The van der Waals surface area contributed by atoms with E-state index in [-0.39, 0.29) is 29.7 Å². The van der Waals surface area contributed by atoms with E-state index in [1.165, 1.54) is 12.8 Å². The molecule has 1 aromatic carbocycles. The van der Waals surface area contributed by atoms with Crippen molar-refractivity contribution in [3.8, 4) is 5.75 Å². The van der Waals surface area contributed by atoms with Crippen molar-refractivity contribution in [1.82, 2.24) is 30.0 Å². The zero-order valence-electron chi connectivity index (χ0n) is 24.5. The molecule has 4 fully saturated rings. The third-order valence-corrected chi connectivity index (χ3v) is 9.22. The largest absolute Gasteiger partial charge is 0.488 e. The summed E-state index contributed by atoms with van der Waals surface area (Å²) < 4.78 is 8.26. The quantitative estimate of drug-likeness (QED) is 0.401. The Kier molecular flexibility index (Phi) is 7.36. The van der Waals surface area contributed by atoms with Gasteiger partial charge in [0, 0.05) is 75.9 Å². The van der Waals surface area contributed by atoms with Gasteiger partial charge < -0.3 is 19.9 Å². The van der Waals surface area contributed by atoms with E-state index in [1.807, 2.05) is 36.2 Å². The monoisotopic (exact) mass is 586 g/mol. The Morgan fingerprint density at radius 2 is 1.79 bits per heavy atom. The van der Waals surface area contributed by atoms with Gasteiger partial charge in [-0.3, -0.25) is 24.4 Å². The molecule has 3 aliphatic heterocycles. The van der Waals surface area contributed by atoms with Crippen LogP contribution in [0.3, 0.4) is 0 Å². The number of hydrogen-bond donors (Lipinski definition) is 2. The van der Waals surface area contributed by atoms with E-state index in [9.17, 15) is 14.4 Å². The second-order valence-electron chi connectivity index (χ2n) is 12.2. The van der Waals surface area contributed by atoms with E-state index in [1.54, 1.807) is 11.0 Å². The van der Waals surface area contributed by atoms with Gasteiger partial charge in [-0.15, -0.1) is 0 Å². The third-order valence-electron chi connectivity index (χ3n) is 9.22. The number of imide groups is 1. The molecule has 1 unspecified atom stereocenters. The first-order chi connectivity index (χ1) is 20.9. The number of carbonyl (C=O) groups excluding carboxylic acids is 3. The van der Waals surface area contributed by atoms with Crippen molar-refractivity contribution in [3.63, 3.8) is 0 Å². The molecule has 43 heavy (non-hydrogen) atoms. The lowest BCUT2D eigenvalue weighted by Crippen LogP contribution is -2.47. The van der Waals surface area contributed by atoms with E-state index in [4.69, 9.17) is 4.74 Å². The molecule has 7 rings (SSSR count). The highest BCUT2D eigenvalue weighted by Crippen LogP contribution is 2.35. The number of carbonyl (C=O) groups is 3. The molecule has 3 amide bonds. The molecule has 0 bridgehead atoms. The molecule has 12 heteroatoms. The van der Waals surface area contributed by atoms with Crippen LogP contribution in [0.5, 0.6) is 5.75 Å². The maximum atomic E-state index is 13.4. The van der Waals surface area contributed by atoms with Crippen molar-refractivity contribution < 1.29 is 19.1 Å². The Bertz CT molecular complexity index is 1540. The number of ether oxygens (including phenoxy) is 1. The van der Waals surface area contributed by atoms with E-state index in [0.717, 1.165) is 67.1 Å². The number of para-hydroxylation sites is 1. The van der Waals surface area contributed by atoms with Gasteiger partial charge >= 0.3 is 0 Å². The van der Waals surface area contributed by atoms with Crippen LogP contribution in [0.1, 0.15) is 63.0 Å². The van der Waals surface area contributed by atoms with Gasteiger partial charge in [-0.05, 0) is 38.2 Å². The van der Waals surface area contributed by atoms with Gasteiger partial charge in [0.25, 0.3) is 0 Å². The molecule has 0 spiro atoms. The molecule has 1 saturated carbocycles. The lowest BCUT2D eigenvalue weighted by Gasteiger charge is -2.37. The number of rotatable bonds is 7. The van der Waals surface area contributed by atoms with Crippen LogP contribution in [0, 0.1) is 5.92 Å². The van der Waals surface area contributed by atoms with Gasteiger partial charge in [0.2, 0.25) is 17.7 Å². The zero-order chi connectivity index (χ0) is 29.5. The van der Waals surface area contributed by atoms with E-state index in [2.05, 4.69) is 30.6 Å². The van der Waals surface area contributed by atoms with Gasteiger partial charge in [-0.25, -0.2) is 9.97 Å². The SMILES string of the molecule is Cn1nc(C2CCC(=O)NC2=O)c2cccc(OC3CCN(C(=O)C4CCN(c5cc(NC6CC6)ncn5)CC4)CC3)c21. The normalized spacial score (nSPS) is 22.1. The molecular formula is C31H38N8O4. The predicted molar refractivity (Wildman–Crippen MR) is 160 cm³/mol. The summed E-state index contributed by atoms with van der Waals surface area (Å²) in [7, 11) is 1.85. The smallest absolute Gasteiger partial charge is 0.235 e. The fraction of sp³-hybridized carbons (Fsp3) is 0.548. The van der Waals surface area contributed by atoms with Crippen LogP contribution in [0.25, 0.3) is 10.9 Å². The van der Waals surface area contributed by atoms with Crippen LogP contribution in [0.4, 0.5) is 11.6 Å². The highest BCUT2D eigenvalue weighted by atomic mass is 16.5. The number of hydrogen-bond acceptors (Lipinski definition) is 9. The Labute approximate surface area is 250 Å². The summed E-state index contributed by atoms with van der Waals surface area (Å²) >= 11 is 0. The summed E-state index contributed by atoms with van der Waals surface area (Å²) in [6.07, 6.45) is 7.93. The van der Waals surface area contributed by atoms with Gasteiger partial charge in [0.05, 0.1) is 11.6 Å². The van der Waals surface area contributed by atoms with E-state index in [0.29, 0.717) is 37.7 Å². The van der Waals surface area contributed by atoms with Crippen molar-refractivity contribution in [1.29, 1.82) is 0 Å². The molecule has 1 aliphatic carbocycles. The Balaban J connectivity index is 0.937. The number of nitrogens with one attached hydrogen (secondary N) is 2.